The number of β-lactam (4-membered cyclic amide) rings is 1. The van der Waals surface area contributed by atoms with E-state index in [0.29, 0.717) is 0 Å². The molecule has 1 aromatic carbocycles. The molecule has 4 saturated carbocycles. The molecular weight excluding hydrogens is 338 g/mol. The number of halogens is 1. The first-order valence-corrected chi connectivity index (χ1v) is 9.79. The second-order valence-corrected chi connectivity index (χ2v) is 8.60. The zero-order chi connectivity index (χ0) is 14.9. The summed E-state index contributed by atoms with van der Waals surface area (Å²) in [6.45, 7) is 0. The van der Waals surface area contributed by atoms with Gasteiger partial charge in [0.15, 0.2) is 0 Å². The van der Waals surface area contributed by atoms with Crippen LogP contribution in [-0.2, 0) is 10.1 Å². The lowest BCUT2D eigenvalue weighted by atomic mass is 9.43. The van der Waals surface area contributed by atoms with Gasteiger partial charge in [-0.15, -0.1) is 0 Å². The van der Waals surface area contributed by atoms with Crippen LogP contribution in [0.15, 0.2) is 24.3 Å². The van der Waals surface area contributed by atoms with Crippen molar-refractivity contribution in [3.8, 4) is 0 Å². The van der Waals surface area contributed by atoms with Crippen LogP contribution in [0.1, 0.15) is 49.1 Å². The van der Waals surface area contributed by atoms with Crippen molar-refractivity contribution in [3.63, 3.8) is 0 Å². The van der Waals surface area contributed by atoms with Crippen molar-refractivity contribution >= 4 is 21.8 Å². The van der Waals surface area contributed by atoms with Gasteiger partial charge in [0.1, 0.15) is 0 Å². The van der Waals surface area contributed by atoms with Gasteiger partial charge in [0, 0.05) is 5.33 Å². The number of carbonyl (C=O) groups is 1. The number of rotatable bonds is 2. The number of nitrogens with one attached hydrogen (secondary N) is 1. The minimum Gasteiger partial charge on any atom is -0.348 e. The van der Waals surface area contributed by atoms with E-state index in [2.05, 4.69) is 45.5 Å². The Morgan fingerprint density at radius 3 is 2.09 bits per heavy atom. The molecule has 4 bridgehead atoms. The molecule has 0 radical (unpaired) electrons. The van der Waals surface area contributed by atoms with Gasteiger partial charge >= 0.3 is 0 Å². The van der Waals surface area contributed by atoms with E-state index in [-0.39, 0.29) is 17.4 Å². The molecule has 1 atom stereocenters. The Hall–Kier alpha value is -0.830. The molecule has 5 aliphatic rings. The topological polar surface area (TPSA) is 29.1 Å². The van der Waals surface area contributed by atoms with Crippen LogP contribution in [0.2, 0.25) is 0 Å². The van der Waals surface area contributed by atoms with Crippen LogP contribution in [0, 0.1) is 23.7 Å². The lowest BCUT2D eigenvalue weighted by molar-refractivity contribution is -0.162. The fourth-order valence-corrected chi connectivity index (χ4v) is 6.74. The van der Waals surface area contributed by atoms with E-state index in [1.54, 1.807) is 0 Å². The second-order valence-electron chi connectivity index (χ2n) is 8.03. The molecule has 1 amide bonds. The molecule has 5 fully saturated rings. The Morgan fingerprint density at radius 2 is 1.59 bits per heavy atom. The first-order chi connectivity index (χ1) is 10.7. The highest BCUT2D eigenvalue weighted by molar-refractivity contribution is 9.08. The third kappa shape index (κ3) is 1.64. The van der Waals surface area contributed by atoms with Crippen LogP contribution in [0.4, 0.5) is 0 Å². The Labute approximate surface area is 140 Å². The van der Waals surface area contributed by atoms with Gasteiger partial charge in [-0.1, -0.05) is 40.2 Å². The molecule has 1 N–H and O–H groups in total. The molecule has 1 saturated heterocycles. The third-order valence-corrected chi connectivity index (χ3v) is 7.68. The smallest absolute Gasteiger partial charge is 0.230 e. The number of amides is 1. The van der Waals surface area contributed by atoms with E-state index < -0.39 is 0 Å². The van der Waals surface area contributed by atoms with Crippen LogP contribution < -0.4 is 5.32 Å². The van der Waals surface area contributed by atoms with Gasteiger partial charge in [-0.3, -0.25) is 4.79 Å². The quantitative estimate of drug-likeness (QED) is 0.627. The molecule has 22 heavy (non-hydrogen) atoms. The molecule has 3 heteroatoms. The predicted octanol–water partition coefficient (Wildman–Crippen LogP) is 3.99. The van der Waals surface area contributed by atoms with E-state index in [4.69, 9.17) is 0 Å². The minimum atomic E-state index is 0.0976. The summed E-state index contributed by atoms with van der Waals surface area (Å²) in [4.78, 5) is 12.5. The van der Waals surface area contributed by atoms with Crippen LogP contribution in [0.5, 0.6) is 0 Å². The van der Waals surface area contributed by atoms with Crippen LogP contribution in [-0.4, -0.2) is 11.4 Å². The standard InChI is InChI=1S/C19H22BrNO/c20-10-11-1-3-14(4-2-11)17-18(22)21-19(17)15-6-12-5-13(8-15)9-16(19)7-12/h1-4,12-13,15-17H,5-10H2,(H,21,22). The molecule has 2 nitrogen and oxygen atoms in total. The lowest BCUT2D eigenvalue weighted by Crippen LogP contribution is -2.78. The average Bonchev–Trinajstić information content (AvgIpc) is 2.50. The van der Waals surface area contributed by atoms with Crippen LogP contribution in [0.25, 0.3) is 0 Å². The first-order valence-electron chi connectivity index (χ1n) is 8.67. The Morgan fingerprint density at radius 1 is 1.00 bits per heavy atom. The molecule has 116 valence electrons. The number of carbonyl (C=O) groups excluding carboxylic acids is 1. The molecule has 4 aliphatic carbocycles. The molecule has 1 spiro atoms. The minimum absolute atomic E-state index is 0.0976. The van der Waals surface area contributed by atoms with E-state index in [9.17, 15) is 4.79 Å². The summed E-state index contributed by atoms with van der Waals surface area (Å²) < 4.78 is 0. The molecule has 1 aromatic rings. The zero-order valence-corrected chi connectivity index (χ0v) is 14.3. The molecular formula is C19H22BrNO. The van der Waals surface area contributed by atoms with Crippen LogP contribution >= 0.6 is 15.9 Å². The van der Waals surface area contributed by atoms with Crippen LogP contribution in [0.3, 0.4) is 0 Å². The lowest BCUT2D eigenvalue weighted by Gasteiger charge is -2.67. The highest BCUT2D eigenvalue weighted by atomic mass is 79.9. The second kappa shape index (κ2) is 4.59. The van der Waals surface area contributed by atoms with Crippen molar-refractivity contribution in [1.29, 1.82) is 0 Å². The fraction of sp³-hybridized carbons (Fsp3) is 0.632. The summed E-state index contributed by atoms with van der Waals surface area (Å²) >= 11 is 3.50. The van der Waals surface area contributed by atoms with Gasteiger partial charge in [0.05, 0.1) is 11.5 Å². The summed E-state index contributed by atoms with van der Waals surface area (Å²) in [6.07, 6.45) is 6.86. The Balaban J connectivity index is 1.53. The van der Waals surface area contributed by atoms with Gasteiger partial charge in [-0.2, -0.15) is 0 Å². The van der Waals surface area contributed by atoms with E-state index in [1.165, 1.54) is 43.2 Å². The van der Waals surface area contributed by atoms with Gasteiger partial charge < -0.3 is 5.32 Å². The third-order valence-electron chi connectivity index (χ3n) is 7.04. The summed E-state index contributed by atoms with van der Waals surface area (Å²) in [5.74, 6) is 3.71. The van der Waals surface area contributed by atoms with Gasteiger partial charge in [-0.05, 0) is 66.9 Å². The normalized spacial score (nSPS) is 45.0. The maximum absolute atomic E-state index is 12.5. The van der Waals surface area contributed by atoms with E-state index in [0.717, 1.165) is 29.0 Å². The predicted molar refractivity (Wildman–Crippen MR) is 89.7 cm³/mol. The average molecular weight is 360 g/mol. The summed E-state index contributed by atoms with van der Waals surface area (Å²) in [7, 11) is 0. The van der Waals surface area contributed by atoms with E-state index in [1.807, 2.05) is 0 Å². The van der Waals surface area contributed by atoms with Crippen molar-refractivity contribution < 1.29 is 4.79 Å². The van der Waals surface area contributed by atoms with Crippen molar-refractivity contribution in [2.24, 2.45) is 23.7 Å². The molecule has 6 rings (SSSR count). The highest BCUT2D eigenvalue weighted by Gasteiger charge is 2.67. The zero-order valence-electron chi connectivity index (χ0n) is 12.7. The van der Waals surface area contributed by atoms with Gasteiger partial charge in [0.2, 0.25) is 5.91 Å². The van der Waals surface area contributed by atoms with Crippen molar-refractivity contribution in [2.45, 2.75) is 48.9 Å². The number of hydrogen-bond acceptors (Lipinski definition) is 1. The van der Waals surface area contributed by atoms with Gasteiger partial charge in [0.25, 0.3) is 0 Å². The molecule has 1 heterocycles. The van der Waals surface area contributed by atoms with Crippen molar-refractivity contribution in [2.75, 3.05) is 0 Å². The number of hydrogen-bond donors (Lipinski definition) is 1. The molecule has 0 aromatic heterocycles. The fourth-order valence-electron chi connectivity index (χ4n) is 6.36. The Kier molecular flexibility index (Phi) is 2.84. The maximum atomic E-state index is 12.5. The van der Waals surface area contributed by atoms with Crippen molar-refractivity contribution in [3.05, 3.63) is 35.4 Å². The number of benzene rings is 1. The summed E-state index contributed by atoms with van der Waals surface area (Å²) in [5.41, 5.74) is 2.61. The molecule has 1 unspecified atom stereocenters. The monoisotopic (exact) mass is 359 g/mol. The maximum Gasteiger partial charge on any atom is 0.230 e. The molecule has 1 aliphatic heterocycles. The SMILES string of the molecule is O=C1NC2(C3CC4CC(C3)CC2C4)C1c1ccc(CBr)cc1. The summed E-state index contributed by atoms with van der Waals surface area (Å²) in [6, 6.07) is 8.71. The van der Waals surface area contributed by atoms with E-state index >= 15 is 0 Å². The summed E-state index contributed by atoms with van der Waals surface area (Å²) in [5, 5.41) is 4.31. The Bertz CT molecular complexity index is 595. The first kappa shape index (κ1) is 13.6. The number of alkyl halides is 1. The largest absolute Gasteiger partial charge is 0.348 e. The highest BCUT2D eigenvalue weighted by Crippen LogP contribution is 2.64. The van der Waals surface area contributed by atoms with Crippen molar-refractivity contribution in [1.82, 2.24) is 5.32 Å². The van der Waals surface area contributed by atoms with Gasteiger partial charge in [-0.25, -0.2) is 0 Å².